The molecule has 1 amide bonds. The van der Waals surface area contributed by atoms with Gasteiger partial charge in [-0.1, -0.05) is 28.1 Å². The number of hydrogen-bond donors (Lipinski definition) is 0. The third-order valence-electron chi connectivity index (χ3n) is 6.64. The zero-order valence-corrected chi connectivity index (χ0v) is 16.8. The SMILES string of the molecule is COc1ccc(CN(C)C(=O)CC23CC4CC(CC(Br)(C4)C2)C3)cc1. The van der Waals surface area contributed by atoms with Crippen LogP contribution in [0.15, 0.2) is 24.3 Å². The molecule has 4 saturated carbocycles. The third-order valence-corrected chi connectivity index (χ3v) is 7.57. The van der Waals surface area contributed by atoms with E-state index in [-0.39, 0.29) is 5.41 Å². The monoisotopic (exact) mass is 405 g/mol. The minimum Gasteiger partial charge on any atom is -0.497 e. The molecule has 0 aliphatic heterocycles. The van der Waals surface area contributed by atoms with Gasteiger partial charge in [-0.25, -0.2) is 0 Å². The summed E-state index contributed by atoms with van der Waals surface area (Å²) in [5.41, 5.74) is 1.40. The summed E-state index contributed by atoms with van der Waals surface area (Å²) in [6.07, 6.45) is 8.47. The quantitative estimate of drug-likeness (QED) is 0.659. The third kappa shape index (κ3) is 3.47. The van der Waals surface area contributed by atoms with Crippen molar-refractivity contribution in [1.29, 1.82) is 0 Å². The van der Waals surface area contributed by atoms with E-state index < -0.39 is 0 Å². The number of hydrogen-bond acceptors (Lipinski definition) is 2. The van der Waals surface area contributed by atoms with E-state index in [1.165, 1.54) is 38.5 Å². The molecule has 0 N–H and O–H groups in total. The summed E-state index contributed by atoms with van der Waals surface area (Å²) in [4.78, 5) is 14.8. The Morgan fingerprint density at radius 2 is 1.84 bits per heavy atom. The van der Waals surface area contributed by atoms with Gasteiger partial charge in [0.2, 0.25) is 5.91 Å². The fourth-order valence-corrected chi connectivity index (χ4v) is 7.60. The van der Waals surface area contributed by atoms with Gasteiger partial charge in [-0.2, -0.15) is 0 Å². The van der Waals surface area contributed by atoms with Crippen LogP contribution in [0, 0.1) is 17.3 Å². The van der Waals surface area contributed by atoms with E-state index in [2.05, 4.69) is 15.9 Å². The van der Waals surface area contributed by atoms with Gasteiger partial charge in [0.05, 0.1) is 7.11 Å². The minimum absolute atomic E-state index is 0.249. The zero-order chi connectivity index (χ0) is 17.7. The molecule has 0 radical (unpaired) electrons. The van der Waals surface area contributed by atoms with Crippen molar-refractivity contribution in [1.82, 2.24) is 4.90 Å². The van der Waals surface area contributed by atoms with Gasteiger partial charge in [0, 0.05) is 24.3 Å². The van der Waals surface area contributed by atoms with E-state index in [1.54, 1.807) is 7.11 Å². The minimum atomic E-state index is 0.249. The zero-order valence-electron chi connectivity index (χ0n) is 15.3. The Bertz CT molecular complexity index is 642. The normalized spacial score (nSPS) is 35.6. The highest BCUT2D eigenvalue weighted by atomic mass is 79.9. The number of ether oxygens (including phenoxy) is 1. The number of nitrogens with zero attached hydrogens (tertiary/aromatic N) is 1. The standard InChI is InChI=1S/C21H28BrNO2/c1-23(13-15-3-5-18(25-2)6-4-15)19(24)12-20-8-16-7-17(9-20)11-21(22,10-16)14-20/h3-6,16-17H,7-14H2,1-2H3. The first kappa shape index (κ1) is 17.4. The fourth-order valence-electron chi connectivity index (χ4n) is 6.09. The fraction of sp³-hybridized carbons (Fsp3) is 0.667. The van der Waals surface area contributed by atoms with Crippen molar-refractivity contribution in [2.45, 2.75) is 55.8 Å². The molecular weight excluding hydrogens is 378 g/mol. The van der Waals surface area contributed by atoms with Crippen LogP contribution < -0.4 is 4.74 Å². The predicted molar refractivity (Wildman–Crippen MR) is 103 cm³/mol. The van der Waals surface area contributed by atoms with E-state index in [0.717, 1.165) is 29.6 Å². The van der Waals surface area contributed by atoms with Crippen LogP contribution in [0.2, 0.25) is 0 Å². The Morgan fingerprint density at radius 3 is 2.40 bits per heavy atom. The van der Waals surface area contributed by atoms with Gasteiger partial charge >= 0.3 is 0 Å². The van der Waals surface area contributed by atoms with Crippen molar-refractivity contribution in [3.05, 3.63) is 29.8 Å². The highest BCUT2D eigenvalue weighted by Gasteiger charge is 2.57. The Morgan fingerprint density at radius 1 is 1.20 bits per heavy atom. The molecule has 4 fully saturated rings. The Labute approximate surface area is 159 Å². The van der Waals surface area contributed by atoms with E-state index in [1.807, 2.05) is 36.2 Å². The van der Waals surface area contributed by atoms with E-state index in [4.69, 9.17) is 4.74 Å². The molecule has 2 unspecified atom stereocenters. The Balaban J connectivity index is 1.41. The van der Waals surface area contributed by atoms with E-state index in [0.29, 0.717) is 16.8 Å². The average Bonchev–Trinajstić information content (AvgIpc) is 2.52. The highest BCUT2D eigenvalue weighted by Crippen LogP contribution is 2.65. The molecule has 2 atom stereocenters. The summed E-state index contributed by atoms with van der Waals surface area (Å²) in [5.74, 6) is 2.82. The van der Waals surface area contributed by atoms with Gasteiger partial charge in [-0.3, -0.25) is 4.79 Å². The Hall–Kier alpha value is -1.03. The van der Waals surface area contributed by atoms with Crippen LogP contribution in [-0.4, -0.2) is 29.3 Å². The molecule has 4 bridgehead atoms. The van der Waals surface area contributed by atoms with Gasteiger partial charge < -0.3 is 9.64 Å². The van der Waals surface area contributed by atoms with Crippen LogP contribution in [0.3, 0.4) is 0 Å². The molecule has 0 aromatic heterocycles. The number of alkyl halides is 1. The molecule has 4 heteroatoms. The number of rotatable bonds is 5. The van der Waals surface area contributed by atoms with Crippen molar-refractivity contribution in [3.8, 4) is 5.75 Å². The summed E-state index contributed by atoms with van der Waals surface area (Å²) < 4.78 is 5.53. The molecule has 0 saturated heterocycles. The molecule has 4 aliphatic rings. The first-order valence-corrected chi connectivity index (χ1v) is 10.2. The largest absolute Gasteiger partial charge is 0.497 e. The summed E-state index contributed by atoms with van der Waals surface area (Å²) in [6.45, 7) is 0.672. The number of amides is 1. The van der Waals surface area contributed by atoms with Crippen LogP contribution in [-0.2, 0) is 11.3 Å². The molecule has 1 aromatic carbocycles. The molecule has 136 valence electrons. The maximum absolute atomic E-state index is 12.9. The number of carbonyl (C=O) groups excluding carboxylic acids is 1. The average molecular weight is 406 g/mol. The summed E-state index contributed by atoms with van der Waals surface area (Å²) >= 11 is 4.05. The van der Waals surface area contributed by atoms with Gasteiger partial charge in [-0.05, 0) is 73.5 Å². The van der Waals surface area contributed by atoms with E-state index in [9.17, 15) is 4.79 Å². The maximum Gasteiger partial charge on any atom is 0.223 e. The van der Waals surface area contributed by atoms with Crippen LogP contribution in [0.5, 0.6) is 5.75 Å². The predicted octanol–water partition coefficient (Wildman–Crippen LogP) is 4.78. The molecular formula is C21H28BrNO2. The number of halogens is 1. The van der Waals surface area contributed by atoms with Crippen LogP contribution in [0.4, 0.5) is 0 Å². The molecule has 1 aromatic rings. The van der Waals surface area contributed by atoms with Gasteiger partial charge in [-0.15, -0.1) is 0 Å². The molecule has 0 heterocycles. The summed E-state index contributed by atoms with van der Waals surface area (Å²) in [7, 11) is 3.61. The van der Waals surface area contributed by atoms with Crippen molar-refractivity contribution < 1.29 is 9.53 Å². The first-order chi connectivity index (χ1) is 11.9. The van der Waals surface area contributed by atoms with Crippen LogP contribution >= 0.6 is 15.9 Å². The van der Waals surface area contributed by atoms with Gasteiger partial charge in [0.15, 0.2) is 0 Å². The van der Waals surface area contributed by atoms with Crippen LogP contribution in [0.1, 0.15) is 50.5 Å². The highest BCUT2D eigenvalue weighted by molar-refractivity contribution is 9.10. The molecule has 4 aliphatic carbocycles. The lowest BCUT2D eigenvalue weighted by molar-refractivity contribution is -0.137. The lowest BCUT2D eigenvalue weighted by atomic mass is 9.48. The molecule has 5 rings (SSSR count). The number of benzene rings is 1. The number of carbonyl (C=O) groups is 1. The lowest BCUT2D eigenvalue weighted by Gasteiger charge is -2.60. The van der Waals surface area contributed by atoms with Crippen molar-refractivity contribution in [2.75, 3.05) is 14.2 Å². The number of methoxy groups -OCH3 is 1. The molecule has 3 nitrogen and oxygen atoms in total. The van der Waals surface area contributed by atoms with Crippen molar-refractivity contribution in [2.24, 2.45) is 17.3 Å². The summed E-state index contributed by atoms with van der Waals surface area (Å²) in [5, 5.41) is 0. The second-order valence-corrected chi connectivity index (χ2v) is 10.6. The second-order valence-electron chi connectivity index (χ2n) is 8.89. The maximum atomic E-state index is 12.9. The van der Waals surface area contributed by atoms with Gasteiger partial charge in [0.1, 0.15) is 5.75 Å². The first-order valence-electron chi connectivity index (χ1n) is 9.45. The molecule has 25 heavy (non-hydrogen) atoms. The summed E-state index contributed by atoms with van der Waals surface area (Å²) in [6, 6.07) is 8.00. The topological polar surface area (TPSA) is 29.5 Å². The lowest BCUT2D eigenvalue weighted by Crippen LogP contribution is -2.54. The van der Waals surface area contributed by atoms with Crippen LogP contribution in [0.25, 0.3) is 0 Å². The van der Waals surface area contributed by atoms with Crippen molar-refractivity contribution in [3.63, 3.8) is 0 Å². The van der Waals surface area contributed by atoms with E-state index >= 15 is 0 Å². The van der Waals surface area contributed by atoms with Crippen molar-refractivity contribution >= 4 is 21.8 Å². The smallest absolute Gasteiger partial charge is 0.223 e. The second kappa shape index (κ2) is 6.29. The Kier molecular flexibility index (Phi) is 4.38. The van der Waals surface area contributed by atoms with Gasteiger partial charge in [0.25, 0.3) is 0 Å². The molecule has 0 spiro atoms.